The van der Waals surface area contributed by atoms with E-state index in [2.05, 4.69) is 14.9 Å². The van der Waals surface area contributed by atoms with E-state index in [-0.39, 0.29) is 29.5 Å². The van der Waals surface area contributed by atoms with Crippen LogP contribution in [-0.4, -0.2) is 58.1 Å². The van der Waals surface area contributed by atoms with Gasteiger partial charge in [0.05, 0.1) is 0 Å². The molecule has 1 unspecified atom stereocenters. The first-order valence-corrected chi connectivity index (χ1v) is 10.1. The van der Waals surface area contributed by atoms with E-state index in [4.69, 9.17) is 0 Å². The Bertz CT molecular complexity index is 909. The molecule has 3 rings (SSSR count). The first-order valence-electron chi connectivity index (χ1n) is 10.1. The Balaban J connectivity index is 1.73. The van der Waals surface area contributed by atoms with Crippen LogP contribution in [0.25, 0.3) is 0 Å². The summed E-state index contributed by atoms with van der Waals surface area (Å²) < 4.78 is 32.2. The second-order valence-electron chi connectivity index (χ2n) is 7.69. The Morgan fingerprint density at radius 2 is 1.97 bits per heavy atom. The molecule has 1 aliphatic heterocycles. The van der Waals surface area contributed by atoms with Crippen LogP contribution >= 0.6 is 0 Å². The van der Waals surface area contributed by atoms with Gasteiger partial charge in [-0.3, -0.25) is 9.59 Å². The van der Waals surface area contributed by atoms with E-state index < -0.39 is 11.6 Å². The first kappa shape index (κ1) is 21.9. The van der Waals surface area contributed by atoms with Gasteiger partial charge in [0, 0.05) is 38.7 Å². The van der Waals surface area contributed by atoms with Crippen molar-refractivity contribution < 1.29 is 23.0 Å². The number of likely N-dealkylation sites (N-methyl/N-ethyl adjacent to an activating group) is 1. The molecule has 2 aromatic rings. The lowest BCUT2D eigenvalue weighted by atomic mass is 9.84. The van der Waals surface area contributed by atoms with Crippen molar-refractivity contribution in [3.8, 4) is 0 Å². The van der Waals surface area contributed by atoms with Gasteiger partial charge in [-0.2, -0.15) is 0 Å². The van der Waals surface area contributed by atoms with Crippen LogP contribution in [0.5, 0.6) is 0 Å². The number of halogens is 2. The normalized spacial score (nSPS) is 15.8. The van der Waals surface area contributed by atoms with E-state index in [1.54, 1.807) is 30.7 Å². The van der Waals surface area contributed by atoms with Crippen LogP contribution in [0.4, 0.5) is 8.78 Å². The molecule has 2 amide bonds. The molecule has 7 nitrogen and oxygen atoms in total. The average molecular weight is 420 g/mol. The molecule has 0 bridgehead atoms. The van der Waals surface area contributed by atoms with Gasteiger partial charge in [-0.15, -0.1) is 0 Å². The van der Waals surface area contributed by atoms with Crippen molar-refractivity contribution in [1.82, 2.24) is 20.1 Å². The minimum Gasteiger partial charge on any atom is -0.342 e. The van der Waals surface area contributed by atoms with Crippen LogP contribution < -0.4 is 0 Å². The van der Waals surface area contributed by atoms with Crippen LogP contribution in [0.2, 0.25) is 0 Å². The maximum atomic E-state index is 14.3. The third-order valence-corrected chi connectivity index (χ3v) is 5.86. The summed E-state index contributed by atoms with van der Waals surface area (Å²) in [7, 11) is 1.72. The SMILES string of the molecule is CCC(=O)N(C)C(Cc1ccc(F)cc1F)C1CCN(C(=O)c2nonc2C)CC1. The number of rotatable bonds is 6. The Hall–Kier alpha value is -2.84. The lowest BCUT2D eigenvalue weighted by Crippen LogP contribution is -2.48. The predicted molar refractivity (Wildman–Crippen MR) is 105 cm³/mol. The van der Waals surface area contributed by atoms with E-state index >= 15 is 0 Å². The number of piperidine rings is 1. The first-order chi connectivity index (χ1) is 14.3. The molecule has 1 aromatic heterocycles. The topological polar surface area (TPSA) is 79.5 Å². The molecule has 1 aliphatic rings. The summed E-state index contributed by atoms with van der Waals surface area (Å²) in [5.74, 6) is -1.43. The molecule has 0 aliphatic carbocycles. The van der Waals surface area contributed by atoms with Crippen LogP contribution in [-0.2, 0) is 11.2 Å². The van der Waals surface area contributed by atoms with Crippen molar-refractivity contribution >= 4 is 11.8 Å². The van der Waals surface area contributed by atoms with E-state index in [1.165, 1.54) is 12.1 Å². The van der Waals surface area contributed by atoms with Gasteiger partial charge < -0.3 is 9.80 Å². The van der Waals surface area contributed by atoms with Gasteiger partial charge in [0.1, 0.15) is 17.3 Å². The van der Waals surface area contributed by atoms with Gasteiger partial charge in [0.15, 0.2) is 5.69 Å². The highest BCUT2D eigenvalue weighted by atomic mass is 19.1. The van der Waals surface area contributed by atoms with Crippen LogP contribution in [0.3, 0.4) is 0 Å². The molecule has 1 atom stereocenters. The van der Waals surface area contributed by atoms with Crippen molar-refractivity contribution in [2.45, 2.75) is 45.6 Å². The summed E-state index contributed by atoms with van der Waals surface area (Å²) in [5.41, 5.74) is 1.02. The third-order valence-electron chi connectivity index (χ3n) is 5.86. The molecule has 0 N–H and O–H groups in total. The maximum Gasteiger partial charge on any atom is 0.278 e. The number of hydrogen-bond acceptors (Lipinski definition) is 5. The van der Waals surface area contributed by atoms with Crippen molar-refractivity contribution in [3.05, 3.63) is 46.8 Å². The van der Waals surface area contributed by atoms with Gasteiger partial charge >= 0.3 is 0 Å². The standard InChI is InChI=1S/C21H26F2N4O3/c1-4-19(28)26(3)18(11-15-5-6-16(22)12-17(15)23)14-7-9-27(10-8-14)21(29)20-13(2)24-30-25-20/h5-6,12,14,18H,4,7-11H2,1-3H3. The lowest BCUT2D eigenvalue weighted by molar-refractivity contribution is -0.133. The second kappa shape index (κ2) is 9.32. The zero-order chi connectivity index (χ0) is 21.8. The predicted octanol–water partition coefficient (Wildman–Crippen LogP) is 2.99. The van der Waals surface area contributed by atoms with E-state index in [0.29, 0.717) is 50.0 Å². The van der Waals surface area contributed by atoms with Crippen LogP contribution in [0.15, 0.2) is 22.8 Å². The lowest BCUT2D eigenvalue weighted by Gasteiger charge is -2.40. The number of amides is 2. The van der Waals surface area contributed by atoms with E-state index in [0.717, 1.165) is 6.07 Å². The van der Waals surface area contributed by atoms with Gasteiger partial charge in [-0.25, -0.2) is 13.4 Å². The molecule has 9 heteroatoms. The maximum absolute atomic E-state index is 14.3. The smallest absolute Gasteiger partial charge is 0.278 e. The fourth-order valence-electron chi connectivity index (χ4n) is 4.03. The fourth-order valence-corrected chi connectivity index (χ4v) is 4.03. The number of likely N-dealkylation sites (tertiary alicyclic amines) is 1. The molecule has 1 aromatic carbocycles. The largest absolute Gasteiger partial charge is 0.342 e. The zero-order valence-electron chi connectivity index (χ0n) is 17.4. The van der Waals surface area contributed by atoms with Crippen molar-refractivity contribution in [3.63, 3.8) is 0 Å². The molecule has 1 saturated heterocycles. The molecule has 0 saturated carbocycles. The molecule has 1 fully saturated rings. The molecular weight excluding hydrogens is 394 g/mol. The molecule has 30 heavy (non-hydrogen) atoms. The molecule has 2 heterocycles. The number of aryl methyl sites for hydroxylation is 1. The minimum absolute atomic E-state index is 0.0367. The number of carbonyl (C=O) groups is 2. The van der Waals surface area contributed by atoms with E-state index in [9.17, 15) is 18.4 Å². The van der Waals surface area contributed by atoms with Crippen LogP contribution in [0.1, 0.15) is 47.9 Å². The number of hydrogen-bond donors (Lipinski definition) is 0. The second-order valence-corrected chi connectivity index (χ2v) is 7.69. The summed E-state index contributed by atoms with van der Waals surface area (Å²) in [6, 6.07) is 3.28. The quantitative estimate of drug-likeness (QED) is 0.718. The number of aromatic nitrogens is 2. The highest BCUT2D eigenvalue weighted by Crippen LogP contribution is 2.28. The Morgan fingerprint density at radius 3 is 2.53 bits per heavy atom. The Labute approximate surface area is 174 Å². The van der Waals surface area contributed by atoms with E-state index in [1.807, 2.05) is 0 Å². The Kier molecular flexibility index (Phi) is 6.79. The molecule has 0 spiro atoms. The average Bonchev–Trinajstić information content (AvgIpc) is 3.17. The highest BCUT2D eigenvalue weighted by Gasteiger charge is 2.34. The summed E-state index contributed by atoms with van der Waals surface area (Å²) >= 11 is 0. The van der Waals surface area contributed by atoms with Crippen molar-refractivity contribution in [2.24, 2.45) is 5.92 Å². The van der Waals surface area contributed by atoms with Crippen molar-refractivity contribution in [2.75, 3.05) is 20.1 Å². The highest BCUT2D eigenvalue weighted by molar-refractivity contribution is 5.93. The van der Waals surface area contributed by atoms with Crippen molar-refractivity contribution in [1.29, 1.82) is 0 Å². The van der Waals surface area contributed by atoms with Gasteiger partial charge in [0.25, 0.3) is 5.91 Å². The summed E-state index contributed by atoms with van der Waals surface area (Å²) in [4.78, 5) is 28.4. The fraction of sp³-hybridized carbons (Fsp3) is 0.524. The molecular formula is C21H26F2N4O3. The Morgan fingerprint density at radius 1 is 1.27 bits per heavy atom. The third kappa shape index (κ3) is 4.66. The summed E-state index contributed by atoms with van der Waals surface area (Å²) in [6.45, 7) is 4.43. The molecule has 0 radical (unpaired) electrons. The number of nitrogens with zero attached hydrogens (tertiary/aromatic N) is 4. The van der Waals surface area contributed by atoms with Gasteiger partial charge in [-0.05, 0) is 48.9 Å². The zero-order valence-corrected chi connectivity index (χ0v) is 17.4. The van der Waals surface area contributed by atoms with Gasteiger partial charge in [-0.1, -0.05) is 18.1 Å². The molecule has 162 valence electrons. The minimum atomic E-state index is -0.629. The summed E-state index contributed by atoms with van der Waals surface area (Å²) in [5, 5.41) is 7.33. The number of benzene rings is 1. The van der Waals surface area contributed by atoms with Crippen LogP contribution in [0, 0.1) is 24.5 Å². The summed E-state index contributed by atoms with van der Waals surface area (Å²) in [6.07, 6.45) is 1.95. The van der Waals surface area contributed by atoms with Gasteiger partial charge in [0.2, 0.25) is 5.91 Å². The monoisotopic (exact) mass is 420 g/mol. The number of carbonyl (C=O) groups excluding carboxylic acids is 2.